The molecule has 0 aliphatic rings. The second kappa shape index (κ2) is 7.68. The van der Waals surface area contributed by atoms with Gasteiger partial charge in [-0.25, -0.2) is 0 Å². The summed E-state index contributed by atoms with van der Waals surface area (Å²) in [6, 6.07) is 9.82. The molecule has 0 bridgehead atoms. The second-order valence-electron chi connectivity index (χ2n) is 4.87. The van der Waals surface area contributed by atoms with Crippen LogP contribution < -0.4 is 0 Å². The Kier molecular flexibility index (Phi) is 6.18. The van der Waals surface area contributed by atoms with E-state index in [1.807, 2.05) is 31.2 Å². The molecule has 0 amide bonds. The molecule has 96 valence electrons. The molecule has 0 fully saturated rings. The lowest BCUT2D eigenvalue weighted by Gasteiger charge is -2.09. The van der Waals surface area contributed by atoms with Crippen LogP contribution >= 0.6 is 0 Å². The van der Waals surface area contributed by atoms with E-state index in [-0.39, 0.29) is 6.10 Å². The van der Waals surface area contributed by atoms with Gasteiger partial charge in [0.2, 0.25) is 0 Å². The number of nitrogens with zero attached hydrogens (tertiary/aromatic N) is 1. The molecule has 1 unspecified atom stereocenters. The lowest BCUT2D eigenvalue weighted by Crippen LogP contribution is -2.06. The van der Waals surface area contributed by atoms with E-state index >= 15 is 0 Å². The number of aliphatic hydroxyl groups is 1. The summed E-state index contributed by atoms with van der Waals surface area (Å²) in [5.74, 6) is 0. The number of unbranched alkanes of at least 4 members (excludes halogenated alkanes) is 1. The number of aryl methyl sites for hydroxylation is 1. The number of hydrogen-bond donors (Lipinski definition) is 1. The van der Waals surface area contributed by atoms with Crippen molar-refractivity contribution in [2.45, 2.75) is 45.1 Å². The summed E-state index contributed by atoms with van der Waals surface area (Å²) in [5.41, 5.74) is 2.99. The van der Waals surface area contributed by atoms with Crippen LogP contribution in [0.15, 0.2) is 36.4 Å². The number of nitriles is 1. The minimum absolute atomic E-state index is 0.247. The summed E-state index contributed by atoms with van der Waals surface area (Å²) in [6.07, 6.45) is 4.39. The molecule has 0 saturated carbocycles. The average Bonchev–Trinajstić information content (AvgIpc) is 2.34. The van der Waals surface area contributed by atoms with Crippen molar-refractivity contribution in [3.8, 4) is 6.07 Å². The Balaban J connectivity index is 2.21. The van der Waals surface area contributed by atoms with Crippen molar-refractivity contribution in [1.29, 1.82) is 5.26 Å². The van der Waals surface area contributed by atoms with Crippen LogP contribution in [0.5, 0.6) is 0 Å². The zero-order valence-corrected chi connectivity index (χ0v) is 11.0. The van der Waals surface area contributed by atoms with Gasteiger partial charge in [-0.1, -0.05) is 24.1 Å². The number of benzene rings is 1. The van der Waals surface area contributed by atoms with E-state index in [0.29, 0.717) is 12.0 Å². The maximum Gasteiger partial charge on any atom is 0.0991 e. The second-order valence-corrected chi connectivity index (χ2v) is 4.87. The summed E-state index contributed by atoms with van der Waals surface area (Å²) in [6.45, 7) is 5.75. The average molecular weight is 243 g/mol. The highest BCUT2D eigenvalue weighted by Gasteiger charge is 2.03. The summed E-state index contributed by atoms with van der Waals surface area (Å²) >= 11 is 0. The highest BCUT2D eigenvalue weighted by Crippen LogP contribution is 2.12. The van der Waals surface area contributed by atoms with Crippen molar-refractivity contribution in [1.82, 2.24) is 0 Å². The lowest BCUT2D eigenvalue weighted by atomic mass is 10.0. The molecule has 1 atom stereocenters. The van der Waals surface area contributed by atoms with E-state index in [9.17, 15) is 5.11 Å². The molecule has 1 aromatic rings. The third kappa shape index (κ3) is 5.65. The van der Waals surface area contributed by atoms with Crippen molar-refractivity contribution in [3.63, 3.8) is 0 Å². The van der Waals surface area contributed by atoms with Gasteiger partial charge in [-0.2, -0.15) is 5.26 Å². The van der Waals surface area contributed by atoms with E-state index < -0.39 is 0 Å². The SMILES string of the molecule is C=C(C)CC(O)CCCCc1ccc(C#N)cc1. The zero-order chi connectivity index (χ0) is 13.4. The van der Waals surface area contributed by atoms with Gasteiger partial charge < -0.3 is 5.11 Å². The Morgan fingerprint density at radius 1 is 1.33 bits per heavy atom. The van der Waals surface area contributed by atoms with Crippen LogP contribution in [0.3, 0.4) is 0 Å². The van der Waals surface area contributed by atoms with E-state index in [1.54, 1.807) is 0 Å². The number of hydrogen-bond acceptors (Lipinski definition) is 2. The predicted octanol–water partition coefficient (Wildman–Crippen LogP) is 3.60. The monoisotopic (exact) mass is 243 g/mol. The van der Waals surface area contributed by atoms with E-state index in [2.05, 4.69) is 12.6 Å². The van der Waals surface area contributed by atoms with Crippen molar-refractivity contribution >= 4 is 0 Å². The summed E-state index contributed by atoms with van der Waals surface area (Å²) in [7, 11) is 0. The summed E-state index contributed by atoms with van der Waals surface area (Å²) in [4.78, 5) is 0. The molecule has 0 radical (unpaired) electrons. The van der Waals surface area contributed by atoms with Crippen LogP contribution in [-0.4, -0.2) is 11.2 Å². The molecule has 1 rings (SSSR count). The Morgan fingerprint density at radius 3 is 2.56 bits per heavy atom. The molecule has 0 aliphatic heterocycles. The number of rotatable bonds is 7. The molecule has 0 heterocycles. The molecule has 1 N–H and O–H groups in total. The molecule has 18 heavy (non-hydrogen) atoms. The zero-order valence-electron chi connectivity index (χ0n) is 11.0. The van der Waals surface area contributed by atoms with Crippen LogP contribution in [0.1, 0.15) is 43.7 Å². The maximum atomic E-state index is 9.69. The van der Waals surface area contributed by atoms with Crippen molar-refractivity contribution < 1.29 is 5.11 Å². The van der Waals surface area contributed by atoms with Gasteiger partial charge >= 0.3 is 0 Å². The van der Waals surface area contributed by atoms with E-state index in [4.69, 9.17) is 5.26 Å². The lowest BCUT2D eigenvalue weighted by molar-refractivity contribution is 0.161. The highest BCUT2D eigenvalue weighted by atomic mass is 16.3. The van der Waals surface area contributed by atoms with Gasteiger partial charge in [-0.15, -0.1) is 6.58 Å². The minimum Gasteiger partial charge on any atom is -0.393 e. The normalized spacial score (nSPS) is 11.8. The van der Waals surface area contributed by atoms with Crippen LogP contribution in [0.2, 0.25) is 0 Å². The number of aliphatic hydroxyl groups excluding tert-OH is 1. The molecular weight excluding hydrogens is 222 g/mol. The standard InChI is InChI=1S/C16H21NO/c1-13(2)11-16(18)6-4-3-5-14-7-9-15(12-17)10-8-14/h7-10,16,18H,1,3-6,11H2,2H3. The van der Waals surface area contributed by atoms with Gasteiger partial charge in [0.15, 0.2) is 0 Å². The molecule has 2 nitrogen and oxygen atoms in total. The van der Waals surface area contributed by atoms with Gasteiger partial charge in [0.25, 0.3) is 0 Å². The maximum absolute atomic E-state index is 9.69. The Hall–Kier alpha value is -1.59. The van der Waals surface area contributed by atoms with Gasteiger partial charge in [-0.3, -0.25) is 0 Å². The van der Waals surface area contributed by atoms with Crippen LogP contribution in [0.4, 0.5) is 0 Å². The minimum atomic E-state index is -0.247. The van der Waals surface area contributed by atoms with Gasteiger partial charge in [0.1, 0.15) is 0 Å². The van der Waals surface area contributed by atoms with Gasteiger partial charge in [-0.05, 0) is 50.3 Å². The van der Waals surface area contributed by atoms with Crippen LogP contribution in [0, 0.1) is 11.3 Å². The third-order valence-corrected chi connectivity index (χ3v) is 2.92. The summed E-state index contributed by atoms with van der Waals surface area (Å²) < 4.78 is 0. The Labute approximate surface area is 110 Å². The molecule has 1 aromatic carbocycles. The fourth-order valence-electron chi connectivity index (χ4n) is 1.96. The first kappa shape index (κ1) is 14.5. The van der Waals surface area contributed by atoms with Crippen molar-refractivity contribution in [2.75, 3.05) is 0 Å². The van der Waals surface area contributed by atoms with Crippen LogP contribution in [0.25, 0.3) is 0 Å². The van der Waals surface area contributed by atoms with Crippen molar-refractivity contribution in [2.24, 2.45) is 0 Å². The van der Waals surface area contributed by atoms with Gasteiger partial charge in [0, 0.05) is 0 Å². The highest BCUT2D eigenvalue weighted by molar-refractivity contribution is 5.31. The molecular formula is C16H21NO. The first-order valence-corrected chi connectivity index (χ1v) is 6.43. The molecule has 0 saturated heterocycles. The largest absolute Gasteiger partial charge is 0.393 e. The molecule has 2 heteroatoms. The fourth-order valence-corrected chi connectivity index (χ4v) is 1.96. The Bertz CT molecular complexity index is 414. The quantitative estimate of drug-likeness (QED) is 0.587. The fraction of sp³-hybridized carbons (Fsp3) is 0.438. The molecule has 0 spiro atoms. The molecule has 0 aliphatic carbocycles. The van der Waals surface area contributed by atoms with E-state index in [1.165, 1.54) is 5.56 Å². The van der Waals surface area contributed by atoms with E-state index in [0.717, 1.165) is 31.3 Å². The summed E-state index contributed by atoms with van der Waals surface area (Å²) in [5, 5.41) is 18.4. The first-order valence-electron chi connectivity index (χ1n) is 6.43. The Morgan fingerprint density at radius 2 is 2.00 bits per heavy atom. The van der Waals surface area contributed by atoms with Gasteiger partial charge in [0.05, 0.1) is 17.7 Å². The third-order valence-electron chi connectivity index (χ3n) is 2.92. The topological polar surface area (TPSA) is 44.0 Å². The molecule has 0 aromatic heterocycles. The van der Waals surface area contributed by atoms with Crippen molar-refractivity contribution in [3.05, 3.63) is 47.5 Å². The first-order chi connectivity index (χ1) is 8.61. The smallest absolute Gasteiger partial charge is 0.0991 e. The predicted molar refractivity (Wildman–Crippen MR) is 74.1 cm³/mol. The van der Waals surface area contributed by atoms with Crippen LogP contribution in [-0.2, 0) is 6.42 Å².